The van der Waals surface area contributed by atoms with Crippen LogP contribution in [0, 0.1) is 18.3 Å². The molecule has 0 aliphatic rings. The van der Waals surface area contributed by atoms with Gasteiger partial charge in [0, 0.05) is 0 Å². The minimum atomic E-state index is -3.98. The van der Waals surface area contributed by atoms with Gasteiger partial charge in [0.05, 0.1) is 10.5 Å². The third kappa shape index (κ3) is 5.58. The van der Waals surface area contributed by atoms with Crippen LogP contribution in [0.5, 0.6) is 5.75 Å². The molecule has 136 valence electrons. The van der Waals surface area contributed by atoms with Crippen LogP contribution in [0.15, 0.2) is 53.4 Å². The number of hydrogen-bond acceptors (Lipinski definition) is 6. The van der Waals surface area contributed by atoms with Crippen molar-refractivity contribution in [2.24, 2.45) is 0 Å². The molecular weight excluding hydrogens is 356 g/mol. The summed E-state index contributed by atoms with van der Waals surface area (Å²) in [6, 6.07) is 15.0. The zero-order chi connectivity index (χ0) is 19.0. The molecule has 0 atom stereocenters. The maximum atomic E-state index is 12.2. The van der Waals surface area contributed by atoms with E-state index >= 15 is 0 Å². The molecule has 0 saturated carbocycles. The summed E-state index contributed by atoms with van der Waals surface area (Å²) >= 11 is 0. The number of carbonyl (C=O) groups is 1. The van der Waals surface area contributed by atoms with Gasteiger partial charge in [-0.15, -0.1) is 0 Å². The fourth-order valence-corrected chi connectivity index (χ4v) is 3.22. The average molecular weight is 374 g/mol. The summed E-state index contributed by atoms with van der Waals surface area (Å²) in [5, 5.41) is 8.97. The van der Waals surface area contributed by atoms with Gasteiger partial charge >= 0.3 is 5.97 Å². The van der Waals surface area contributed by atoms with Gasteiger partial charge in [-0.25, -0.2) is 8.42 Å². The lowest BCUT2D eigenvalue weighted by Crippen LogP contribution is -2.31. The smallest absolute Gasteiger partial charge is 0.321 e. The third-order valence-corrected chi connectivity index (χ3v) is 4.77. The lowest BCUT2D eigenvalue weighted by atomic mass is 10.2. The summed E-state index contributed by atoms with van der Waals surface area (Å²) in [7, 11) is -3.98. The molecule has 0 fully saturated rings. The van der Waals surface area contributed by atoms with E-state index in [4.69, 9.17) is 14.7 Å². The van der Waals surface area contributed by atoms with Crippen LogP contribution in [-0.2, 0) is 19.6 Å². The van der Waals surface area contributed by atoms with Gasteiger partial charge in [0.1, 0.15) is 31.6 Å². The number of aryl methyl sites for hydroxylation is 1. The first kappa shape index (κ1) is 19.4. The first-order valence-corrected chi connectivity index (χ1v) is 9.24. The van der Waals surface area contributed by atoms with Crippen LogP contribution in [0.25, 0.3) is 0 Å². The van der Waals surface area contributed by atoms with Gasteiger partial charge in [-0.3, -0.25) is 4.79 Å². The average Bonchev–Trinajstić information content (AvgIpc) is 2.63. The molecule has 0 aromatic heterocycles. The number of hydrogen-bond donors (Lipinski definition) is 1. The van der Waals surface area contributed by atoms with E-state index < -0.39 is 22.5 Å². The molecule has 0 saturated heterocycles. The van der Waals surface area contributed by atoms with E-state index in [9.17, 15) is 13.2 Å². The normalized spacial score (nSPS) is 10.8. The number of carbonyl (C=O) groups excluding carboxylic acids is 1. The third-order valence-electron chi connectivity index (χ3n) is 3.31. The minimum absolute atomic E-state index is 0.0000723. The van der Waals surface area contributed by atoms with Crippen LogP contribution in [0.4, 0.5) is 0 Å². The second-order valence-corrected chi connectivity index (χ2v) is 7.05. The van der Waals surface area contributed by atoms with Crippen LogP contribution >= 0.6 is 0 Å². The first-order valence-electron chi connectivity index (χ1n) is 7.76. The summed E-state index contributed by atoms with van der Waals surface area (Å²) in [6.45, 7) is 1.54. The van der Waals surface area contributed by atoms with Crippen molar-refractivity contribution in [2.75, 3.05) is 19.8 Å². The molecule has 0 bridgehead atoms. The zero-order valence-corrected chi connectivity index (χ0v) is 15.0. The van der Waals surface area contributed by atoms with Crippen molar-refractivity contribution in [3.8, 4) is 11.8 Å². The fraction of sp³-hybridized carbons (Fsp3) is 0.222. The number of nitrogens with one attached hydrogen (secondary N) is 1. The predicted molar refractivity (Wildman–Crippen MR) is 94.0 cm³/mol. The second kappa shape index (κ2) is 8.99. The number of sulfonamides is 1. The Morgan fingerprint density at radius 1 is 1.15 bits per heavy atom. The van der Waals surface area contributed by atoms with Gasteiger partial charge in [0.25, 0.3) is 0 Å². The van der Waals surface area contributed by atoms with E-state index in [2.05, 4.69) is 4.72 Å². The van der Waals surface area contributed by atoms with Gasteiger partial charge in [0.15, 0.2) is 0 Å². The Balaban J connectivity index is 1.78. The maximum Gasteiger partial charge on any atom is 0.321 e. The highest BCUT2D eigenvalue weighted by molar-refractivity contribution is 7.89. The second-order valence-electron chi connectivity index (χ2n) is 5.32. The first-order chi connectivity index (χ1) is 12.4. The quantitative estimate of drug-likeness (QED) is 0.558. The standard InChI is InChI=1S/C18H18N2O5S/c1-14-5-4-7-16(11-14)24-9-10-25-18(21)13-20-26(22,23)17-8-3-2-6-15(17)12-19/h2-8,11,20H,9-10,13H2,1H3. The molecule has 2 rings (SSSR count). The van der Waals surface area contributed by atoms with Crippen LogP contribution in [0.3, 0.4) is 0 Å². The number of nitriles is 1. The monoisotopic (exact) mass is 374 g/mol. The molecule has 0 radical (unpaired) electrons. The topological polar surface area (TPSA) is 105 Å². The van der Waals surface area contributed by atoms with Crippen molar-refractivity contribution in [3.63, 3.8) is 0 Å². The Hall–Kier alpha value is -2.89. The highest BCUT2D eigenvalue weighted by Gasteiger charge is 2.19. The van der Waals surface area contributed by atoms with E-state index in [-0.39, 0.29) is 23.7 Å². The maximum absolute atomic E-state index is 12.2. The van der Waals surface area contributed by atoms with Crippen molar-refractivity contribution in [3.05, 3.63) is 59.7 Å². The predicted octanol–water partition coefficient (Wildman–Crippen LogP) is 1.77. The van der Waals surface area contributed by atoms with E-state index in [0.717, 1.165) is 5.56 Å². The molecule has 8 heteroatoms. The van der Waals surface area contributed by atoms with Crippen LogP contribution < -0.4 is 9.46 Å². The van der Waals surface area contributed by atoms with Gasteiger partial charge in [-0.1, -0.05) is 24.3 Å². The molecule has 26 heavy (non-hydrogen) atoms. The highest BCUT2D eigenvalue weighted by atomic mass is 32.2. The Morgan fingerprint density at radius 2 is 1.92 bits per heavy atom. The van der Waals surface area contributed by atoms with Gasteiger partial charge < -0.3 is 9.47 Å². The fourth-order valence-electron chi connectivity index (χ4n) is 2.10. The van der Waals surface area contributed by atoms with Crippen molar-refractivity contribution < 1.29 is 22.7 Å². The molecule has 2 aromatic carbocycles. The van der Waals surface area contributed by atoms with Gasteiger partial charge in [0.2, 0.25) is 10.0 Å². The summed E-state index contributed by atoms with van der Waals surface area (Å²) in [5.74, 6) is -0.0780. The lowest BCUT2D eigenvalue weighted by Gasteiger charge is -2.09. The molecule has 1 N–H and O–H groups in total. The highest BCUT2D eigenvalue weighted by Crippen LogP contribution is 2.14. The van der Waals surface area contributed by atoms with Crippen molar-refractivity contribution in [2.45, 2.75) is 11.8 Å². The molecule has 7 nitrogen and oxygen atoms in total. The molecule has 0 aliphatic heterocycles. The molecule has 0 heterocycles. The molecule has 0 spiro atoms. The molecule has 0 amide bonds. The molecule has 0 aliphatic carbocycles. The van der Waals surface area contributed by atoms with E-state index in [0.29, 0.717) is 5.75 Å². The Bertz CT molecular complexity index is 919. The molecular formula is C18H18N2O5S. The zero-order valence-electron chi connectivity index (χ0n) is 14.1. The largest absolute Gasteiger partial charge is 0.490 e. The Kier molecular flexibility index (Phi) is 6.72. The summed E-state index contributed by atoms with van der Waals surface area (Å²) in [5.41, 5.74) is 1.05. The van der Waals surface area contributed by atoms with E-state index in [1.165, 1.54) is 18.2 Å². The molecule has 0 unspecified atom stereocenters. The Labute approximate surface area is 152 Å². The van der Waals surface area contributed by atoms with E-state index in [1.54, 1.807) is 18.2 Å². The lowest BCUT2D eigenvalue weighted by molar-refractivity contribution is -0.142. The summed E-state index contributed by atoms with van der Waals surface area (Å²) in [6.07, 6.45) is 0. The number of benzene rings is 2. The Morgan fingerprint density at radius 3 is 2.65 bits per heavy atom. The SMILES string of the molecule is Cc1cccc(OCCOC(=O)CNS(=O)(=O)c2ccccc2C#N)c1. The number of esters is 1. The minimum Gasteiger partial charge on any atom is -0.490 e. The summed E-state index contributed by atoms with van der Waals surface area (Å²) in [4.78, 5) is 11.5. The van der Waals surface area contributed by atoms with E-state index in [1.807, 2.05) is 25.1 Å². The molecule has 2 aromatic rings. The van der Waals surface area contributed by atoms with Crippen molar-refractivity contribution in [1.82, 2.24) is 4.72 Å². The van der Waals surface area contributed by atoms with Crippen molar-refractivity contribution >= 4 is 16.0 Å². The van der Waals surface area contributed by atoms with Crippen LogP contribution in [0.1, 0.15) is 11.1 Å². The van der Waals surface area contributed by atoms with Gasteiger partial charge in [-0.2, -0.15) is 9.98 Å². The summed E-state index contributed by atoms with van der Waals surface area (Å²) < 4.78 is 36.8. The number of nitrogens with zero attached hydrogens (tertiary/aromatic N) is 1. The van der Waals surface area contributed by atoms with Crippen LogP contribution in [0.2, 0.25) is 0 Å². The van der Waals surface area contributed by atoms with Crippen LogP contribution in [-0.4, -0.2) is 34.1 Å². The van der Waals surface area contributed by atoms with Crippen molar-refractivity contribution in [1.29, 1.82) is 5.26 Å². The number of ether oxygens (including phenoxy) is 2. The van der Waals surface area contributed by atoms with Gasteiger partial charge in [-0.05, 0) is 36.8 Å². The number of rotatable bonds is 8.